The highest BCUT2D eigenvalue weighted by Gasteiger charge is 2.31. The summed E-state index contributed by atoms with van der Waals surface area (Å²) in [5.41, 5.74) is 0. The van der Waals surface area contributed by atoms with Gasteiger partial charge in [0.15, 0.2) is 6.04 Å². The molecule has 5 heteroatoms. The smallest absolute Gasteiger partial charge is 0.329 e. The van der Waals surface area contributed by atoms with E-state index < -0.39 is 12.0 Å². The zero-order valence-electron chi connectivity index (χ0n) is 8.23. The highest BCUT2D eigenvalue weighted by atomic mass is 16.7. The zero-order chi connectivity index (χ0) is 10.6. The van der Waals surface area contributed by atoms with Crippen LogP contribution in [0, 0.1) is 0 Å². The number of carboxylic acids is 1. The molecule has 0 aromatic carbocycles. The van der Waals surface area contributed by atoms with Gasteiger partial charge in [0.05, 0.1) is 6.61 Å². The number of amides is 1. The Labute approximate surface area is 82.6 Å². The molecule has 1 aliphatic heterocycles. The maximum atomic E-state index is 11.4. The van der Waals surface area contributed by atoms with Gasteiger partial charge in [0.1, 0.15) is 0 Å². The Morgan fingerprint density at radius 2 is 2.43 bits per heavy atom. The van der Waals surface area contributed by atoms with Gasteiger partial charge in [0.25, 0.3) is 0 Å². The molecule has 0 saturated carbocycles. The first-order valence-corrected chi connectivity index (χ1v) is 4.84. The zero-order valence-corrected chi connectivity index (χ0v) is 8.23. The molecule has 1 N–H and O–H groups in total. The normalized spacial score (nSPS) is 19.5. The molecule has 1 heterocycles. The summed E-state index contributed by atoms with van der Waals surface area (Å²) in [6.07, 6.45) is 2.20. The molecule has 0 aliphatic carbocycles. The van der Waals surface area contributed by atoms with E-state index in [9.17, 15) is 9.59 Å². The lowest BCUT2D eigenvalue weighted by Gasteiger charge is -2.30. The molecular formula is C9H15NO4. The number of carbonyl (C=O) groups is 2. The van der Waals surface area contributed by atoms with Crippen molar-refractivity contribution in [3.63, 3.8) is 0 Å². The molecule has 1 atom stereocenters. The van der Waals surface area contributed by atoms with Gasteiger partial charge >= 0.3 is 5.97 Å². The van der Waals surface area contributed by atoms with Crippen molar-refractivity contribution in [2.45, 2.75) is 38.6 Å². The van der Waals surface area contributed by atoms with Crippen molar-refractivity contribution in [2.24, 2.45) is 0 Å². The van der Waals surface area contributed by atoms with Gasteiger partial charge in [-0.15, -0.1) is 0 Å². The summed E-state index contributed by atoms with van der Waals surface area (Å²) < 4.78 is 0. The van der Waals surface area contributed by atoms with Crippen molar-refractivity contribution in [3.05, 3.63) is 0 Å². The summed E-state index contributed by atoms with van der Waals surface area (Å²) in [5, 5.41) is 9.92. The number of carboxylic acid groups (broad SMARTS) is 1. The van der Waals surface area contributed by atoms with Gasteiger partial charge in [0, 0.05) is 6.42 Å². The minimum absolute atomic E-state index is 0.225. The number of carbonyl (C=O) groups excluding carboxylic acids is 1. The van der Waals surface area contributed by atoms with E-state index in [4.69, 9.17) is 9.94 Å². The number of hydroxylamine groups is 2. The number of hydrogen-bond acceptors (Lipinski definition) is 3. The maximum absolute atomic E-state index is 11.4. The van der Waals surface area contributed by atoms with Crippen LogP contribution < -0.4 is 0 Å². The lowest BCUT2D eigenvalue weighted by atomic mass is 10.1. The Kier molecular flexibility index (Phi) is 3.88. The lowest BCUT2D eigenvalue weighted by molar-refractivity contribution is -0.217. The van der Waals surface area contributed by atoms with Crippen LogP contribution in [-0.2, 0) is 14.4 Å². The predicted octanol–water partition coefficient (Wildman–Crippen LogP) is 0.794. The van der Waals surface area contributed by atoms with Crippen molar-refractivity contribution in [3.8, 4) is 0 Å². The first kappa shape index (κ1) is 11.0. The van der Waals surface area contributed by atoms with Gasteiger partial charge in [-0.3, -0.25) is 9.63 Å². The van der Waals surface area contributed by atoms with E-state index in [0.717, 1.165) is 5.06 Å². The standard InChI is InChI=1S/C9H15NO4/c1-2-4-7(9(12)13)10-8(11)5-3-6-14-10/h7H,2-6H2,1H3,(H,12,13). The number of nitrogens with zero attached hydrogens (tertiary/aromatic N) is 1. The Balaban J connectivity index is 2.65. The Morgan fingerprint density at radius 3 is 2.93 bits per heavy atom. The topological polar surface area (TPSA) is 66.8 Å². The average Bonchev–Trinajstić information content (AvgIpc) is 2.15. The molecule has 0 spiro atoms. The monoisotopic (exact) mass is 201 g/mol. The molecule has 1 rings (SSSR count). The SMILES string of the molecule is CCCC(C(=O)O)N1OCCCC1=O. The first-order valence-electron chi connectivity index (χ1n) is 4.84. The Bertz CT molecular complexity index is 227. The van der Waals surface area contributed by atoms with Crippen LogP contribution in [0.2, 0.25) is 0 Å². The summed E-state index contributed by atoms with van der Waals surface area (Å²) >= 11 is 0. The average molecular weight is 201 g/mol. The second-order valence-electron chi connectivity index (χ2n) is 3.30. The molecule has 1 fully saturated rings. The van der Waals surface area contributed by atoms with E-state index in [2.05, 4.69) is 0 Å². The van der Waals surface area contributed by atoms with E-state index in [1.165, 1.54) is 0 Å². The van der Waals surface area contributed by atoms with Crippen LogP contribution in [0.1, 0.15) is 32.6 Å². The van der Waals surface area contributed by atoms with Crippen molar-refractivity contribution < 1.29 is 19.5 Å². The third kappa shape index (κ3) is 2.45. The summed E-state index contributed by atoms with van der Waals surface area (Å²) in [5.74, 6) is -1.22. The molecule has 1 amide bonds. The first-order chi connectivity index (χ1) is 6.66. The van der Waals surface area contributed by atoms with Gasteiger partial charge in [-0.05, 0) is 12.8 Å². The van der Waals surface area contributed by atoms with Crippen LogP contribution >= 0.6 is 0 Å². The van der Waals surface area contributed by atoms with Gasteiger partial charge in [-0.2, -0.15) is 0 Å². The molecular weight excluding hydrogens is 186 g/mol. The minimum atomic E-state index is -0.998. The van der Waals surface area contributed by atoms with E-state index >= 15 is 0 Å². The second-order valence-corrected chi connectivity index (χ2v) is 3.30. The molecule has 80 valence electrons. The molecule has 1 aliphatic rings. The van der Waals surface area contributed by atoms with E-state index in [1.807, 2.05) is 6.92 Å². The quantitative estimate of drug-likeness (QED) is 0.730. The molecule has 0 aromatic heterocycles. The highest BCUT2D eigenvalue weighted by Crippen LogP contribution is 2.15. The number of aliphatic carboxylic acids is 1. The van der Waals surface area contributed by atoms with Gasteiger partial charge in [-0.25, -0.2) is 9.86 Å². The molecule has 5 nitrogen and oxygen atoms in total. The van der Waals surface area contributed by atoms with Crippen molar-refractivity contribution >= 4 is 11.9 Å². The minimum Gasteiger partial charge on any atom is -0.480 e. The molecule has 1 saturated heterocycles. The van der Waals surface area contributed by atoms with E-state index in [1.54, 1.807) is 0 Å². The number of hydrogen-bond donors (Lipinski definition) is 1. The third-order valence-corrected chi connectivity index (χ3v) is 2.14. The van der Waals surface area contributed by atoms with Crippen LogP contribution in [0.5, 0.6) is 0 Å². The van der Waals surface area contributed by atoms with Gasteiger partial charge in [-0.1, -0.05) is 13.3 Å². The van der Waals surface area contributed by atoms with E-state index in [0.29, 0.717) is 32.3 Å². The van der Waals surface area contributed by atoms with Crippen molar-refractivity contribution in [2.75, 3.05) is 6.61 Å². The fourth-order valence-electron chi connectivity index (χ4n) is 1.45. The summed E-state index contributed by atoms with van der Waals surface area (Å²) in [4.78, 5) is 27.3. The molecule has 14 heavy (non-hydrogen) atoms. The third-order valence-electron chi connectivity index (χ3n) is 2.14. The fraction of sp³-hybridized carbons (Fsp3) is 0.778. The van der Waals surface area contributed by atoms with E-state index in [-0.39, 0.29) is 5.91 Å². The Morgan fingerprint density at radius 1 is 1.71 bits per heavy atom. The highest BCUT2D eigenvalue weighted by molar-refractivity contribution is 5.82. The maximum Gasteiger partial charge on any atom is 0.329 e. The van der Waals surface area contributed by atoms with Crippen molar-refractivity contribution in [1.82, 2.24) is 5.06 Å². The summed E-state index contributed by atoms with van der Waals surface area (Å²) in [6, 6.07) is -0.826. The van der Waals surface area contributed by atoms with Crippen LogP contribution in [0.25, 0.3) is 0 Å². The second kappa shape index (κ2) is 4.95. The lowest BCUT2D eigenvalue weighted by Crippen LogP contribution is -2.47. The van der Waals surface area contributed by atoms with Crippen LogP contribution in [-0.4, -0.2) is 34.7 Å². The van der Waals surface area contributed by atoms with Crippen LogP contribution in [0.15, 0.2) is 0 Å². The van der Waals surface area contributed by atoms with Gasteiger partial charge in [0.2, 0.25) is 5.91 Å². The summed E-state index contributed by atoms with van der Waals surface area (Å²) in [7, 11) is 0. The summed E-state index contributed by atoms with van der Waals surface area (Å²) in [6.45, 7) is 2.31. The Hall–Kier alpha value is -1.10. The molecule has 1 unspecified atom stereocenters. The van der Waals surface area contributed by atoms with Crippen molar-refractivity contribution in [1.29, 1.82) is 0 Å². The molecule has 0 bridgehead atoms. The van der Waals surface area contributed by atoms with Gasteiger partial charge < -0.3 is 5.11 Å². The molecule has 0 radical (unpaired) electrons. The predicted molar refractivity (Wildman–Crippen MR) is 48.4 cm³/mol. The molecule has 0 aromatic rings. The fourth-order valence-corrected chi connectivity index (χ4v) is 1.45. The number of rotatable bonds is 4. The largest absolute Gasteiger partial charge is 0.480 e. The van der Waals surface area contributed by atoms with Crippen LogP contribution in [0.3, 0.4) is 0 Å². The van der Waals surface area contributed by atoms with Crippen LogP contribution in [0.4, 0.5) is 0 Å².